The highest BCUT2D eigenvalue weighted by molar-refractivity contribution is 5.72. The third kappa shape index (κ3) is 3.10. The van der Waals surface area contributed by atoms with Gasteiger partial charge in [-0.2, -0.15) is 0 Å². The van der Waals surface area contributed by atoms with E-state index in [2.05, 4.69) is 0 Å². The molecule has 0 aliphatic heterocycles. The number of aliphatic hydroxyl groups is 1. The number of hydrogen-bond donors (Lipinski definition) is 2. The van der Waals surface area contributed by atoms with Crippen LogP contribution in [0.2, 0.25) is 0 Å². The van der Waals surface area contributed by atoms with Gasteiger partial charge in [0.05, 0.1) is 14.2 Å². The van der Waals surface area contributed by atoms with Crippen LogP contribution in [-0.2, 0) is 11.2 Å². The molecule has 0 amide bonds. The lowest BCUT2D eigenvalue weighted by molar-refractivity contribution is -0.146. The average Bonchev–Trinajstić information content (AvgIpc) is 2.30. The van der Waals surface area contributed by atoms with E-state index in [4.69, 9.17) is 14.6 Å². The zero-order chi connectivity index (χ0) is 13.0. The predicted molar refractivity (Wildman–Crippen MR) is 61.6 cm³/mol. The van der Waals surface area contributed by atoms with Crippen LogP contribution in [0.4, 0.5) is 0 Å². The number of carboxylic acid groups (broad SMARTS) is 1. The van der Waals surface area contributed by atoms with Crippen molar-refractivity contribution in [3.63, 3.8) is 0 Å². The van der Waals surface area contributed by atoms with Crippen molar-refractivity contribution in [3.05, 3.63) is 23.3 Å². The van der Waals surface area contributed by atoms with Crippen LogP contribution in [0.15, 0.2) is 12.1 Å². The minimum Gasteiger partial charge on any atom is -0.496 e. The van der Waals surface area contributed by atoms with Gasteiger partial charge >= 0.3 is 5.97 Å². The molecule has 0 radical (unpaired) electrons. The van der Waals surface area contributed by atoms with Gasteiger partial charge in [0.15, 0.2) is 6.10 Å². The highest BCUT2D eigenvalue weighted by Gasteiger charge is 2.16. The molecule has 17 heavy (non-hydrogen) atoms. The third-order valence-corrected chi connectivity index (χ3v) is 2.53. The molecule has 1 atom stereocenters. The monoisotopic (exact) mass is 240 g/mol. The molecule has 1 unspecified atom stereocenters. The number of carbonyl (C=O) groups is 1. The van der Waals surface area contributed by atoms with Gasteiger partial charge in [-0.05, 0) is 24.6 Å². The van der Waals surface area contributed by atoms with Crippen LogP contribution < -0.4 is 9.47 Å². The molecule has 0 spiro atoms. The second-order valence-corrected chi connectivity index (χ2v) is 3.68. The maximum Gasteiger partial charge on any atom is 0.332 e. The van der Waals surface area contributed by atoms with E-state index < -0.39 is 12.1 Å². The van der Waals surface area contributed by atoms with E-state index in [1.165, 1.54) is 14.2 Å². The quantitative estimate of drug-likeness (QED) is 0.803. The van der Waals surface area contributed by atoms with Gasteiger partial charge in [0.2, 0.25) is 0 Å². The highest BCUT2D eigenvalue weighted by Crippen LogP contribution is 2.29. The first kappa shape index (κ1) is 13.3. The van der Waals surface area contributed by atoms with Crippen molar-refractivity contribution in [2.75, 3.05) is 14.2 Å². The molecule has 0 aliphatic carbocycles. The van der Waals surface area contributed by atoms with Crippen molar-refractivity contribution in [2.24, 2.45) is 0 Å². The van der Waals surface area contributed by atoms with Gasteiger partial charge in [0.25, 0.3) is 0 Å². The van der Waals surface area contributed by atoms with Crippen LogP contribution in [0.3, 0.4) is 0 Å². The largest absolute Gasteiger partial charge is 0.496 e. The van der Waals surface area contributed by atoms with Crippen molar-refractivity contribution < 1.29 is 24.5 Å². The second-order valence-electron chi connectivity index (χ2n) is 3.68. The lowest BCUT2D eigenvalue weighted by atomic mass is 10.0. The van der Waals surface area contributed by atoms with Crippen molar-refractivity contribution in [2.45, 2.75) is 19.4 Å². The van der Waals surface area contributed by atoms with Gasteiger partial charge in [-0.25, -0.2) is 4.79 Å². The number of rotatable bonds is 5. The van der Waals surface area contributed by atoms with Gasteiger partial charge in [0, 0.05) is 12.0 Å². The summed E-state index contributed by atoms with van der Waals surface area (Å²) in [5.74, 6) is -0.0302. The molecule has 5 heteroatoms. The number of aliphatic hydroxyl groups excluding tert-OH is 1. The first-order valence-corrected chi connectivity index (χ1v) is 5.12. The molecule has 0 heterocycles. The van der Waals surface area contributed by atoms with Gasteiger partial charge in [-0.15, -0.1) is 0 Å². The van der Waals surface area contributed by atoms with Gasteiger partial charge in [0.1, 0.15) is 11.5 Å². The number of benzene rings is 1. The average molecular weight is 240 g/mol. The molecule has 94 valence electrons. The fraction of sp³-hybridized carbons (Fsp3) is 0.417. The van der Waals surface area contributed by atoms with Crippen LogP contribution in [0, 0.1) is 6.92 Å². The van der Waals surface area contributed by atoms with E-state index in [9.17, 15) is 9.90 Å². The Morgan fingerprint density at radius 1 is 1.29 bits per heavy atom. The first-order chi connectivity index (χ1) is 7.99. The summed E-state index contributed by atoms with van der Waals surface area (Å²) in [5, 5.41) is 17.9. The summed E-state index contributed by atoms with van der Waals surface area (Å²) in [6.45, 7) is 1.84. The smallest absolute Gasteiger partial charge is 0.332 e. The Labute approximate surface area is 99.6 Å². The van der Waals surface area contributed by atoms with E-state index in [1.807, 2.05) is 6.92 Å². The first-order valence-electron chi connectivity index (χ1n) is 5.12. The van der Waals surface area contributed by atoms with Crippen LogP contribution in [-0.4, -0.2) is 36.5 Å². The summed E-state index contributed by atoms with van der Waals surface area (Å²) < 4.78 is 10.3. The molecule has 0 fully saturated rings. The van der Waals surface area contributed by atoms with E-state index in [0.29, 0.717) is 17.1 Å². The minimum atomic E-state index is -1.42. The van der Waals surface area contributed by atoms with Crippen molar-refractivity contribution in [3.8, 4) is 11.5 Å². The fourth-order valence-corrected chi connectivity index (χ4v) is 1.57. The fourth-order valence-electron chi connectivity index (χ4n) is 1.57. The molecular formula is C12H16O5. The summed E-state index contributed by atoms with van der Waals surface area (Å²) in [6.07, 6.45) is -1.41. The standard InChI is InChI=1S/C12H16O5/c1-7-10(16-2)5-8(6-11(7)17-3)4-9(13)12(14)15/h5-6,9,13H,4H2,1-3H3,(H,14,15). The Morgan fingerprint density at radius 3 is 2.12 bits per heavy atom. The summed E-state index contributed by atoms with van der Waals surface area (Å²) in [4.78, 5) is 10.6. The summed E-state index contributed by atoms with van der Waals surface area (Å²) >= 11 is 0. The molecule has 2 N–H and O–H groups in total. The number of ether oxygens (including phenoxy) is 2. The topological polar surface area (TPSA) is 76.0 Å². The SMILES string of the molecule is COc1cc(CC(O)C(=O)O)cc(OC)c1C. The molecule has 5 nitrogen and oxygen atoms in total. The second kappa shape index (κ2) is 5.54. The number of carboxylic acids is 1. The van der Waals surface area contributed by atoms with Crippen molar-refractivity contribution >= 4 is 5.97 Å². The van der Waals surface area contributed by atoms with Crippen LogP contribution >= 0.6 is 0 Å². The minimum absolute atomic E-state index is 0.0162. The summed E-state index contributed by atoms with van der Waals surface area (Å²) in [6, 6.07) is 3.40. The highest BCUT2D eigenvalue weighted by atomic mass is 16.5. The lowest BCUT2D eigenvalue weighted by Gasteiger charge is -2.13. The number of aliphatic carboxylic acids is 1. The van der Waals surface area contributed by atoms with E-state index in [-0.39, 0.29) is 6.42 Å². The van der Waals surface area contributed by atoms with Crippen molar-refractivity contribution in [1.82, 2.24) is 0 Å². The van der Waals surface area contributed by atoms with Crippen LogP contribution in [0.25, 0.3) is 0 Å². The third-order valence-electron chi connectivity index (χ3n) is 2.53. The molecule has 1 aromatic rings. The Hall–Kier alpha value is -1.75. The van der Waals surface area contributed by atoms with Crippen LogP contribution in [0.1, 0.15) is 11.1 Å². The van der Waals surface area contributed by atoms with Crippen LogP contribution in [0.5, 0.6) is 11.5 Å². The number of hydrogen-bond acceptors (Lipinski definition) is 4. The van der Waals surface area contributed by atoms with Gasteiger partial charge in [-0.3, -0.25) is 0 Å². The van der Waals surface area contributed by atoms with E-state index >= 15 is 0 Å². The maximum absolute atomic E-state index is 10.6. The number of methoxy groups -OCH3 is 2. The van der Waals surface area contributed by atoms with E-state index in [1.54, 1.807) is 12.1 Å². The van der Waals surface area contributed by atoms with Gasteiger partial charge < -0.3 is 19.7 Å². The molecule has 0 aromatic heterocycles. The Balaban J connectivity index is 3.05. The summed E-state index contributed by atoms with van der Waals surface area (Å²) in [7, 11) is 3.05. The molecular weight excluding hydrogens is 224 g/mol. The zero-order valence-corrected chi connectivity index (χ0v) is 10.1. The molecule has 1 aromatic carbocycles. The molecule has 0 saturated carbocycles. The van der Waals surface area contributed by atoms with E-state index in [0.717, 1.165) is 5.56 Å². The normalized spacial score (nSPS) is 12.0. The summed E-state index contributed by atoms with van der Waals surface area (Å²) in [5.41, 5.74) is 1.49. The molecule has 0 saturated heterocycles. The predicted octanol–water partition coefficient (Wildman–Crippen LogP) is 1.00. The Morgan fingerprint density at radius 2 is 1.76 bits per heavy atom. The molecule has 0 bridgehead atoms. The Bertz CT molecular complexity index is 388. The van der Waals surface area contributed by atoms with Crippen molar-refractivity contribution in [1.29, 1.82) is 0 Å². The van der Waals surface area contributed by atoms with Gasteiger partial charge in [-0.1, -0.05) is 0 Å². The Kier molecular flexibility index (Phi) is 4.34. The lowest BCUT2D eigenvalue weighted by Crippen LogP contribution is -2.22. The maximum atomic E-state index is 10.6. The molecule has 1 rings (SSSR count). The zero-order valence-electron chi connectivity index (χ0n) is 10.1. The molecule has 0 aliphatic rings.